The van der Waals surface area contributed by atoms with Crippen molar-refractivity contribution in [2.45, 2.75) is 26.8 Å². The van der Waals surface area contributed by atoms with Crippen molar-refractivity contribution in [2.24, 2.45) is 0 Å². The van der Waals surface area contributed by atoms with Crippen LogP contribution in [-0.2, 0) is 13.0 Å². The number of para-hydroxylation sites is 1. The fraction of sp³-hybridized carbons (Fsp3) is 0.308. The van der Waals surface area contributed by atoms with Crippen LogP contribution in [0, 0.1) is 0 Å². The largest absolute Gasteiger partial charge is 0.331 e. The summed E-state index contributed by atoms with van der Waals surface area (Å²) in [6.07, 6.45) is 1.78. The van der Waals surface area contributed by atoms with E-state index in [1.807, 2.05) is 23.6 Å². The molecule has 0 atom stereocenters. The van der Waals surface area contributed by atoms with Crippen molar-refractivity contribution < 1.29 is 4.79 Å². The first kappa shape index (κ1) is 11.2. The topological polar surface area (TPSA) is 22.0 Å². The molecule has 16 heavy (non-hydrogen) atoms. The molecule has 2 rings (SSSR count). The van der Waals surface area contributed by atoms with Crippen molar-refractivity contribution >= 4 is 28.8 Å². The Morgan fingerprint density at radius 3 is 2.69 bits per heavy atom. The number of benzene rings is 1. The molecular weight excluding hydrogens is 222 g/mol. The van der Waals surface area contributed by atoms with Gasteiger partial charge in [0.2, 0.25) is 0 Å². The number of hydrogen-bond donors (Lipinski definition) is 0. The number of aldehydes is 1. The molecule has 0 radical (unpaired) electrons. The van der Waals surface area contributed by atoms with Crippen molar-refractivity contribution in [3.05, 3.63) is 34.5 Å². The first-order chi connectivity index (χ1) is 7.74. The molecule has 0 spiro atoms. The van der Waals surface area contributed by atoms with E-state index in [0.717, 1.165) is 30.2 Å². The van der Waals surface area contributed by atoms with E-state index >= 15 is 0 Å². The number of carbonyl (C=O) groups excluding carboxylic acids is 1. The van der Waals surface area contributed by atoms with E-state index in [1.165, 1.54) is 5.56 Å². The molecule has 0 saturated heterocycles. The van der Waals surface area contributed by atoms with Gasteiger partial charge in [0.15, 0.2) is 6.29 Å². The van der Waals surface area contributed by atoms with Gasteiger partial charge in [0.05, 0.1) is 11.1 Å². The molecule has 0 N–H and O–H groups in total. The molecule has 1 heterocycles. The van der Waals surface area contributed by atoms with Gasteiger partial charge in [0.1, 0.15) is 5.15 Å². The molecule has 2 nitrogen and oxygen atoms in total. The Hall–Kier alpha value is -1.28. The summed E-state index contributed by atoms with van der Waals surface area (Å²) in [6.45, 7) is 4.92. The molecule has 1 aromatic heterocycles. The van der Waals surface area contributed by atoms with Gasteiger partial charge < -0.3 is 4.57 Å². The third kappa shape index (κ3) is 1.45. The Bertz CT molecular complexity index is 542. The highest BCUT2D eigenvalue weighted by Crippen LogP contribution is 2.31. The number of nitrogens with zero attached hydrogens (tertiary/aromatic N) is 1. The lowest BCUT2D eigenvalue weighted by Crippen LogP contribution is -1.96. The molecule has 0 amide bonds. The maximum atomic E-state index is 11.1. The minimum absolute atomic E-state index is 0.549. The van der Waals surface area contributed by atoms with E-state index < -0.39 is 0 Å². The van der Waals surface area contributed by atoms with Crippen LogP contribution in [0.25, 0.3) is 10.9 Å². The van der Waals surface area contributed by atoms with Gasteiger partial charge in [-0.25, -0.2) is 0 Å². The van der Waals surface area contributed by atoms with Crippen LogP contribution in [0.5, 0.6) is 0 Å². The van der Waals surface area contributed by atoms with Crippen LogP contribution in [0.2, 0.25) is 5.15 Å². The van der Waals surface area contributed by atoms with Gasteiger partial charge in [0, 0.05) is 11.9 Å². The number of rotatable bonds is 3. The quantitative estimate of drug-likeness (QED) is 0.744. The molecule has 1 aromatic carbocycles. The minimum atomic E-state index is 0.549. The normalized spacial score (nSPS) is 10.9. The third-order valence-corrected chi connectivity index (χ3v) is 3.36. The Balaban J connectivity index is 2.94. The summed E-state index contributed by atoms with van der Waals surface area (Å²) in [5, 5.41) is 1.51. The van der Waals surface area contributed by atoms with E-state index in [2.05, 4.69) is 13.0 Å². The molecule has 0 unspecified atom stereocenters. The van der Waals surface area contributed by atoms with Crippen LogP contribution in [-0.4, -0.2) is 10.9 Å². The van der Waals surface area contributed by atoms with E-state index in [-0.39, 0.29) is 0 Å². The van der Waals surface area contributed by atoms with Crippen LogP contribution >= 0.6 is 11.6 Å². The lowest BCUT2D eigenvalue weighted by molar-refractivity contribution is 0.112. The molecule has 0 aliphatic rings. The van der Waals surface area contributed by atoms with Crippen molar-refractivity contribution in [3.63, 3.8) is 0 Å². The lowest BCUT2D eigenvalue weighted by Gasteiger charge is -2.06. The number of carbonyl (C=O) groups is 1. The highest BCUT2D eigenvalue weighted by molar-refractivity contribution is 6.34. The van der Waals surface area contributed by atoms with E-state index in [0.29, 0.717) is 10.7 Å². The number of aryl methyl sites for hydroxylation is 2. The molecule has 0 aliphatic carbocycles. The zero-order valence-electron chi connectivity index (χ0n) is 9.46. The number of halogens is 1. The Morgan fingerprint density at radius 2 is 2.12 bits per heavy atom. The number of hydrogen-bond acceptors (Lipinski definition) is 1. The predicted molar refractivity (Wildman–Crippen MR) is 67.4 cm³/mol. The molecule has 84 valence electrons. The van der Waals surface area contributed by atoms with Crippen LogP contribution in [0.1, 0.15) is 29.8 Å². The van der Waals surface area contributed by atoms with Gasteiger partial charge in [0.25, 0.3) is 0 Å². The standard InChI is InChI=1S/C13H14ClNO/c1-3-9-6-5-7-10-11(8-16)13(14)15(4-2)12(9)10/h5-8H,3-4H2,1-2H3. The molecule has 0 aliphatic heterocycles. The highest BCUT2D eigenvalue weighted by Gasteiger charge is 2.15. The Kier molecular flexibility index (Phi) is 3.01. The van der Waals surface area contributed by atoms with Crippen molar-refractivity contribution in [1.82, 2.24) is 4.57 Å². The minimum Gasteiger partial charge on any atom is -0.331 e. The summed E-state index contributed by atoms with van der Waals surface area (Å²) in [5.74, 6) is 0. The van der Waals surface area contributed by atoms with Crippen molar-refractivity contribution in [3.8, 4) is 0 Å². The molecule has 2 aromatic rings. The number of aromatic nitrogens is 1. The van der Waals surface area contributed by atoms with Gasteiger partial charge in [-0.15, -0.1) is 0 Å². The summed E-state index contributed by atoms with van der Waals surface area (Å²) in [6, 6.07) is 6.01. The van der Waals surface area contributed by atoms with Crippen LogP contribution in [0.4, 0.5) is 0 Å². The average molecular weight is 236 g/mol. The first-order valence-corrected chi connectivity index (χ1v) is 5.87. The second kappa shape index (κ2) is 4.30. The lowest BCUT2D eigenvalue weighted by atomic mass is 10.1. The zero-order chi connectivity index (χ0) is 11.7. The first-order valence-electron chi connectivity index (χ1n) is 5.49. The van der Waals surface area contributed by atoms with Gasteiger partial charge in [-0.1, -0.05) is 36.7 Å². The fourth-order valence-electron chi connectivity index (χ4n) is 2.18. The van der Waals surface area contributed by atoms with Crippen molar-refractivity contribution in [2.75, 3.05) is 0 Å². The van der Waals surface area contributed by atoms with E-state index in [9.17, 15) is 4.79 Å². The van der Waals surface area contributed by atoms with Crippen LogP contribution in [0.3, 0.4) is 0 Å². The van der Waals surface area contributed by atoms with Crippen molar-refractivity contribution in [1.29, 1.82) is 0 Å². The smallest absolute Gasteiger partial charge is 0.153 e. The molecule has 0 bridgehead atoms. The maximum absolute atomic E-state index is 11.1. The highest BCUT2D eigenvalue weighted by atomic mass is 35.5. The predicted octanol–water partition coefficient (Wildman–Crippen LogP) is 3.69. The van der Waals surface area contributed by atoms with Crippen LogP contribution < -0.4 is 0 Å². The Morgan fingerprint density at radius 1 is 1.38 bits per heavy atom. The maximum Gasteiger partial charge on any atom is 0.153 e. The second-order valence-electron chi connectivity index (χ2n) is 3.73. The fourth-order valence-corrected chi connectivity index (χ4v) is 2.53. The Labute approximate surface area is 99.8 Å². The summed E-state index contributed by atoms with van der Waals surface area (Å²) in [4.78, 5) is 11.1. The third-order valence-electron chi connectivity index (χ3n) is 2.95. The summed E-state index contributed by atoms with van der Waals surface area (Å²) < 4.78 is 2.00. The molecular formula is C13H14ClNO. The zero-order valence-corrected chi connectivity index (χ0v) is 10.2. The second-order valence-corrected chi connectivity index (χ2v) is 4.09. The summed E-state index contributed by atoms with van der Waals surface area (Å²) >= 11 is 6.21. The number of fused-ring (bicyclic) bond motifs is 1. The van der Waals surface area contributed by atoms with Gasteiger partial charge in [-0.2, -0.15) is 0 Å². The molecule has 0 saturated carbocycles. The van der Waals surface area contributed by atoms with E-state index in [1.54, 1.807) is 0 Å². The average Bonchev–Trinajstić information content (AvgIpc) is 2.59. The van der Waals surface area contributed by atoms with Gasteiger partial charge >= 0.3 is 0 Å². The summed E-state index contributed by atoms with van der Waals surface area (Å²) in [5.41, 5.74) is 2.93. The monoisotopic (exact) mass is 235 g/mol. The molecule has 0 fully saturated rings. The molecule has 3 heteroatoms. The van der Waals surface area contributed by atoms with Gasteiger partial charge in [-0.05, 0) is 18.9 Å². The SMILES string of the molecule is CCc1cccc2c(C=O)c(Cl)n(CC)c12. The van der Waals surface area contributed by atoms with Gasteiger partial charge in [-0.3, -0.25) is 4.79 Å². The summed E-state index contributed by atoms with van der Waals surface area (Å²) in [7, 11) is 0. The van der Waals surface area contributed by atoms with Crippen LogP contribution in [0.15, 0.2) is 18.2 Å². The van der Waals surface area contributed by atoms with E-state index in [4.69, 9.17) is 11.6 Å².